The average Bonchev–Trinajstić information content (AvgIpc) is 3.05. The fourth-order valence-electron chi connectivity index (χ4n) is 4.09. The van der Waals surface area contributed by atoms with Gasteiger partial charge in [-0.25, -0.2) is 0 Å². The Hall–Kier alpha value is -3.00. The Morgan fingerprint density at radius 3 is 2.42 bits per heavy atom. The maximum atomic E-state index is 3.69. The van der Waals surface area contributed by atoms with E-state index in [1.54, 1.807) is 0 Å². The molecule has 0 saturated heterocycles. The van der Waals surface area contributed by atoms with E-state index in [0.29, 0.717) is 0 Å². The van der Waals surface area contributed by atoms with Gasteiger partial charge in [0.15, 0.2) is 0 Å². The number of nitrogens with zero attached hydrogens (tertiary/aromatic N) is 1. The highest BCUT2D eigenvalue weighted by Crippen LogP contribution is 2.37. The molecule has 4 aromatic carbocycles. The smallest absolute Gasteiger partial charge is 0.118 e. The van der Waals surface area contributed by atoms with Crippen molar-refractivity contribution in [3.05, 3.63) is 78.0 Å². The zero-order chi connectivity index (χ0) is 17.5. The molecule has 0 unspecified atom stereocenters. The van der Waals surface area contributed by atoms with Crippen LogP contribution in [0.25, 0.3) is 27.4 Å². The van der Waals surface area contributed by atoms with Crippen molar-refractivity contribution in [3.63, 3.8) is 0 Å². The van der Waals surface area contributed by atoms with Crippen LogP contribution in [0.2, 0.25) is 0 Å². The molecule has 0 atom stereocenters. The molecule has 0 aromatic heterocycles. The Bertz CT molecular complexity index is 1140. The number of rotatable bonds is 3. The summed E-state index contributed by atoms with van der Waals surface area (Å²) in [6, 6.07) is 26.3. The lowest BCUT2D eigenvalue weighted by Gasteiger charge is -2.20. The minimum Gasteiger partial charge on any atom is -0.339 e. The van der Waals surface area contributed by atoms with Crippen molar-refractivity contribution >= 4 is 38.7 Å². The van der Waals surface area contributed by atoms with E-state index in [-0.39, 0.29) is 0 Å². The molecule has 1 aliphatic heterocycles. The minimum atomic E-state index is 1.03. The minimum absolute atomic E-state index is 1.03. The lowest BCUT2D eigenvalue weighted by Crippen LogP contribution is -2.27. The van der Waals surface area contributed by atoms with Crippen LogP contribution in [0.3, 0.4) is 0 Å². The SMILES string of the molecule is CCCCN1C(=c2ccc3cccc4cccc2c43)Nc2ccccc21. The number of hydrogen-bond acceptors (Lipinski definition) is 2. The van der Waals surface area contributed by atoms with Crippen molar-refractivity contribution in [1.29, 1.82) is 0 Å². The van der Waals surface area contributed by atoms with E-state index in [9.17, 15) is 0 Å². The van der Waals surface area contributed by atoms with Crippen LogP contribution in [0.4, 0.5) is 11.4 Å². The largest absolute Gasteiger partial charge is 0.339 e. The van der Waals surface area contributed by atoms with Crippen LogP contribution in [0.5, 0.6) is 0 Å². The highest BCUT2D eigenvalue weighted by atomic mass is 15.3. The second kappa shape index (κ2) is 6.06. The van der Waals surface area contributed by atoms with Gasteiger partial charge < -0.3 is 10.2 Å². The molecular formula is C24H22N2. The van der Waals surface area contributed by atoms with Crippen molar-refractivity contribution in [2.45, 2.75) is 19.8 Å². The predicted molar refractivity (Wildman–Crippen MR) is 112 cm³/mol. The molecule has 0 amide bonds. The normalized spacial score (nSPS) is 15.5. The van der Waals surface area contributed by atoms with Crippen LogP contribution < -0.4 is 15.4 Å². The van der Waals surface area contributed by atoms with Gasteiger partial charge in [-0.15, -0.1) is 0 Å². The third-order valence-corrected chi connectivity index (χ3v) is 5.36. The van der Waals surface area contributed by atoms with E-state index in [2.05, 4.69) is 89.9 Å². The lowest BCUT2D eigenvalue weighted by molar-refractivity contribution is 0.791. The number of unbranched alkanes of at least 4 members (excludes halogenated alkanes) is 1. The van der Waals surface area contributed by atoms with Gasteiger partial charge in [0.25, 0.3) is 0 Å². The van der Waals surface area contributed by atoms with Crippen molar-refractivity contribution in [3.8, 4) is 0 Å². The summed E-state index contributed by atoms with van der Waals surface area (Å²) in [6.45, 7) is 3.28. The number of para-hydroxylation sites is 2. The van der Waals surface area contributed by atoms with Crippen molar-refractivity contribution < 1.29 is 0 Å². The average molecular weight is 338 g/mol. The Morgan fingerprint density at radius 1 is 0.808 bits per heavy atom. The van der Waals surface area contributed by atoms with E-state index in [0.717, 1.165) is 6.54 Å². The molecule has 2 heteroatoms. The summed E-state index contributed by atoms with van der Waals surface area (Å²) in [6.07, 6.45) is 2.37. The topological polar surface area (TPSA) is 15.3 Å². The van der Waals surface area contributed by atoms with Gasteiger partial charge in [0.2, 0.25) is 0 Å². The third-order valence-electron chi connectivity index (χ3n) is 5.36. The lowest BCUT2D eigenvalue weighted by atomic mass is 9.99. The first-order valence-electron chi connectivity index (χ1n) is 9.45. The fourth-order valence-corrected chi connectivity index (χ4v) is 4.09. The van der Waals surface area contributed by atoms with Crippen LogP contribution in [0, 0.1) is 0 Å². The van der Waals surface area contributed by atoms with E-state index in [1.807, 2.05) is 0 Å². The number of anilines is 2. The van der Waals surface area contributed by atoms with Crippen LogP contribution in [0.1, 0.15) is 19.8 Å². The predicted octanol–water partition coefficient (Wildman–Crippen LogP) is 5.51. The summed E-state index contributed by atoms with van der Waals surface area (Å²) >= 11 is 0. The first-order valence-corrected chi connectivity index (χ1v) is 9.45. The van der Waals surface area contributed by atoms with Gasteiger partial charge in [-0.2, -0.15) is 0 Å². The Kier molecular flexibility index (Phi) is 3.56. The summed E-state index contributed by atoms with van der Waals surface area (Å²) in [5.41, 5.74) is 2.48. The summed E-state index contributed by atoms with van der Waals surface area (Å²) < 4.78 is 0. The summed E-state index contributed by atoms with van der Waals surface area (Å²) in [4.78, 5) is 2.45. The molecule has 0 radical (unpaired) electrons. The third kappa shape index (κ3) is 2.26. The molecule has 0 aliphatic carbocycles. The molecule has 0 saturated carbocycles. The van der Waals surface area contributed by atoms with Crippen LogP contribution in [-0.2, 0) is 0 Å². The van der Waals surface area contributed by atoms with Gasteiger partial charge in [-0.3, -0.25) is 0 Å². The summed E-state index contributed by atoms with van der Waals surface area (Å²) in [5.74, 6) is 1.21. The van der Waals surface area contributed by atoms with Crippen molar-refractivity contribution in [2.24, 2.45) is 0 Å². The van der Waals surface area contributed by atoms with E-state index in [1.165, 1.54) is 56.8 Å². The van der Waals surface area contributed by atoms with Gasteiger partial charge in [0.1, 0.15) is 5.82 Å². The standard InChI is InChI=1S/C24H22N2/c1-2-3-16-26-22-13-5-4-12-21(22)25-24(26)20-15-14-18-9-6-8-17-10-7-11-19(20)23(17)18/h4-15,25H,2-3,16H2,1H3. The fraction of sp³-hybridized carbons (Fsp3) is 0.167. The molecule has 5 rings (SSSR count). The molecule has 4 aromatic rings. The number of benzene rings is 4. The van der Waals surface area contributed by atoms with Crippen LogP contribution in [0.15, 0.2) is 72.8 Å². The zero-order valence-electron chi connectivity index (χ0n) is 15.0. The molecule has 1 heterocycles. The van der Waals surface area contributed by atoms with E-state index in [4.69, 9.17) is 0 Å². The van der Waals surface area contributed by atoms with E-state index >= 15 is 0 Å². The second-order valence-corrected chi connectivity index (χ2v) is 6.99. The molecular weight excluding hydrogens is 316 g/mol. The van der Waals surface area contributed by atoms with Crippen LogP contribution >= 0.6 is 0 Å². The first kappa shape index (κ1) is 15.3. The number of fused-ring (bicyclic) bond motifs is 1. The highest BCUT2D eigenvalue weighted by Gasteiger charge is 2.23. The molecule has 26 heavy (non-hydrogen) atoms. The van der Waals surface area contributed by atoms with Gasteiger partial charge >= 0.3 is 0 Å². The molecule has 1 N–H and O–H groups in total. The van der Waals surface area contributed by atoms with Crippen molar-refractivity contribution in [2.75, 3.05) is 16.8 Å². The Morgan fingerprint density at radius 2 is 1.58 bits per heavy atom. The number of nitrogens with one attached hydrogen (secondary N) is 1. The Labute approximate surface area is 153 Å². The molecule has 0 bridgehead atoms. The molecule has 128 valence electrons. The summed E-state index contributed by atoms with van der Waals surface area (Å²) in [5, 5.41) is 10.2. The quantitative estimate of drug-likeness (QED) is 0.530. The Balaban J connectivity index is 1.82. The van der Waals surface area contributed by atoms with Gasteiger partial charge in [0, 0.05) is 11.8 Å². The molecule has 2 nitrogen and oxygen atoms in total. The summed E-state index contributed by atoms with van der Waals surface area (Å²) in [7, 11) is 0. The molecule has 1 aliphatic rings. The van der Waals surface area contributed by atoms with Crippen LogP contribution in [-0.4, -0.2) is 6.54 Å². The highest BCUT2D eigenvalue weighted by molar-refractivity contribution is 6.11. The maximum Gasteiger partial charge on any atom is 0.118 e. The first-order chi connectivity index (χ1) is 12.9. The zero-order valence-corrected chi connectivity index (χ0v) is 15.0. The number of hydrogen-bond donors (Lipinski definition) is 1. The van der Waals surface area contributed by atoms with E-state index < -0.39 is 0 Å². The molecule has 0 fully saturated rings. The molecule has 0 spiro atoms. The van der Waals surface area contributed by atoms with Crippen molar-refractivity contribution in [1.82, 2.24) is 0 Å². The maximum absolute atomic E-state index is 3.69. The van der Waals surface area contributed by atoms with Gasteiger partial charge in [0.05, 0.1) is 11.4 Å². The monoisotopic (exact) mass is 338 g/mol. The second-order valence-electron chi connectivity index (χ2n) is 6.99. The van der Waals surface area contributed by atoms with Gasteiger partial charge in [-0.05, 0) is 40.1 Å². The van der Waals surface area contributed by atoms with Gasteiger partial charge in [-0.1, -0.05) is 74.0 Å².